The van der Waals surface area contributed by atoms with Crippen LogP contribution >= 0.6 is 0 Å². The van der Waals surface area contributed by atoms with E-state index < -0.39 is 0 Å². The topological polar surface area (TPSA) is 33.3 Å². The number of rotatable bonds is 3. The van der Waals surface area contributed by atoms with Crippen LogP contribution in [-0.2, 0) is 0 Å². The normalized spacial score (nSPS) is 23.5. The summed E-state index contributed by atoms with van der Waals surface area (Å²) in [5, 5.41) is 6.96. The van der Waals surface area contributed by atoms with Crippen LogP contribution in [-0.4, -0.2) is 26.7 Å². The molecule has 1 saturated heterocycles. The van der Waals surface area contributed by atoms with Gasteiger partial charge < -0.3 is 15.4 Å². The van der Waals surface area contributed by atoms with Gasteiger partial charge >= 0.3 is 0 Å². The van der Waals surface area contributed by atoms with Crippen LogP contribution in [0.15, 0.2) is 18.2 Å². The minimum atomic E-state index is 0.665. The summed E-state index contributed by atoms with van der Waals surface area (Å²) in [4.78, 5) is 0. The standard InChI is InChI=1S/C15H22N2O/c1-18-13-2-3-15-14(9-13)12(10-17-15)8-11-4-6-16-7-5-11/h2-3,9,11-12,16-17H,4-8,10H2,1H3. The lowest BCUT2D eigenvalue weighted by Gasteiger charge is -2.25. The molecule has 1 aromatic rings. The Morgan fingerprint density at radius 3 is 2.89 bits per heavy atom. The van der Waals surface area contributed by atoms with Crippen molar-refractivity contribution in [3.63, 3.8) is 0 Å². The van der Waals surface area contributed by atoms with Crippen LogP contribution < -0.4 is 15.4 Å². The zero-order chi connectivity index (χ0) is 12.4. The second-order valence-corrected chi connectivity index (χ2v) is 5.46. The molecular weight excluding hydrogens is 224 g/mol. The fourth-order valence-corrected chi connectivity index (χ4v) is 3.24. The lowest BCUT2D eigenvalue weighted by molar-refractivity contribution is 0.336. The predicted octanol–water partition coefficient (Wildman–Crippen LogP) is 2.59. The minimum absolute atomic E-state index is 0.665. The second-order valence-electron chi connectivity index (χ2n) is 5.46. The lowest BCUT2D eigenvalue weighted by Crippen LogP contribution is -2.28. The molecule has 0 spiro atoms. The molecule has 1 unspecified atom stereocenters. The molecule has 2 heterocycles. The van der Waals surface area contributed by atoms with E-state index in [4.69, 9.17) is 4.74 Å². The third-order valence-electron chi connectivity index (χ3n) is 4.31. The number of hydrogen-bond donors (Lipinski definition) is 2. The van der Waals surface area contributed by atoms with E-state index >= 15 is 0 Å². The minimum Gasteiger partial charge on any atom is -0.497 e. The Kier molecular flexibility index (Phi) is 3.41. The van der Waals surface area contributed by atoms with Gasteiger partial charge in [-0.1, -0.05) is 0 Å². The Labute approximate surface area is 109 Å². The highest BCUT2D eigenvalue weighted by Crippen LogP contribution is 2.38. The zero-order valence-corrected chi connectivity index (χ0v) is 11.0. The van der Waals surface area contributed by atoms with E-state index in [9.17, 15) is 0 Å². The van der Waals surface area contributed by atoms with Crippen molar-refractivity contribution in [2.24, 2.45) is 5.92 Å². The molecule has 3 nitrogen and oxygen atoms in total. The molecule has 0 bridgehead atoms. The van der Waals surface area contributed by atoms with Crippen LogP contribution in [0.1, 0.15) is 30.7 Å². The van der Waals surface area contributed by atoms with E-state index in [1.807, 2.05) is 6.07 Å². The van der Waals surface area contributed by atoms with Crippen molar-refractivity contribution in [1.29, 1.82) is 0 Å². The molecular formula is C15H22N2O. The van der Waals surface area contributed by atoms with E-state index in [-0.39, 0.29) is 0 Å². The van der Waals surface area contributed by atoms with Crippen molar-refractivity contribution < 1.29 is 4.74 Å². The van der Waals surface area contributed by atoms with E-state index in [2.05, 4.69) is 22.8 Å². The van der Waals surface area contributed by atoms with Gasteiger partial charge in [0.05, 0.1) is 7.11 Å². The summed E-state index contributed by atoms with van der Waals surface area (Å²) in [7, 11) is 1.74. The molecule has 1 atom stereocenters. The Morgan fingerprint density at radius 2 is 2.11 bits per heavy atom. The highest BCUT2D eigenvalue weighted by Gasteiger charge is 2.26. The average molecular weight is 246 g/mol. The van der Waals surface area contributed by atoms with Gasteiger partial charge in [0.1, 0.15) is 5.75 Å². The zero-order valence-electron chi connectivity index (χ0n) is 11.0. The molecule has 2 N–H and O–H groups in total. The van der Waals surface area contributed by atoms with E-state index in [0.717, 1.165) is 18.2 Å². The first-order chi connectivity index (χ1) is 8.86. The number of nitrogens with one attached hydrogen (secondary N) is 2. The van der Waals surface area contributed by atoms with Gasteiger partial charge in [-0.3, -0.25) is 0 Å². The maximum atomic E-state index is 5.34. The molecule has 0 aromatic heterocycles. The number of methoxy groups -OCH3 is 1. The monoisotopic (exact) mass is 246 g/mol. The fraction of sp³-hybridized carbons (Fsp3) is 0.600. The number of hydrogen-bond acceptors (Lipinski definition) is 3. The maximum absolute atomic E-state index is 5.34. The number of piperidine rings is 1. The number of fused-ring (bicyclic) bond motifs is 1. The second kappa shape index (κ2) is 5.19. The van der Waals surface area contributed by atoms with Crippen LogP contribution in [0.4, 0.5) is 5.69 Å². The van der Waals surface area contributed by atoms with Crippen LogP contribution in [0.3, 0.4) is 0 Å². The van der Waals surface area contributed by atoms with Crippen molar-refractivity contribution in [1.82, 2.24) is 5.32 Å². The maximum Gasteiger partial charge on any atom is 0.119 e. The smallest absolute Gasteiger partial charge is 0.119 e. The fourth-order valence-electron chi connectivity index (χ4n) is 3.24. The molecule has 98 valence electrons. The summed E-state index contributed by atoms with van der Waals surface area (Å²) >= 11 is 0. The van der Waals surface area contributed by atoms with Gasteiger partial charge in [0.15, 0.2) is 0 Å². The number of ether oxygens (including phenoxy) is 1. The molecule has 3 heteroatoms. The average Bonchev–Trinajstić information content (AvgIpc) is 2.82. The molecule has 1 fully saturated rings. The summed E-state index contributed by atoms with van der Waals surface area (Å²) in [6.45, 7) is 3.47. The molecule has 0 aliphatic carbocycles. The van der Waals surface area contributed by atoms with Gasteiger partial charge in [-0.05, 0) is 62.0 Å². The molecule has 0 amide bonds. The predicted molar refractivity (Wildman–Crippen MR) is 74.4 cm³/mol. The highest BCUT2D eigenvalue weighted by atomic mass is 16.5. The number of benzene rings is 1. The molecule has 3 rings (SSSR count). The van der Waals surface area contributed by atoms with E-state index in [1.165, 1.54) is 43.6 Å². The SMILES string of the molecule is COc1ccc2c(c1)C(CC1CCNCC1)CN2. The summed E-state index contributed by atoms with van der Waals surface area (Å²) in [6, 6.07) is 6.40. The van der Waals surface area contributed by atoms with Crippen molar-refractivity contribution in [2.75, 3.05) is 32.1 Å². The first kappa shape index (κ1) is 11.8. The van der Waals surface area contributed by atoms with Gasteiger partial charge in [0.25, 0.3) is 0 Å². The van der Waals surface area contributed by atoms with Crippen molar-refractivity contribution >= 4 is 5.69 Å². The summed E-state index contributed by atoms with van der Waals surface area (Å²) in [5.41, 5.74) is 2.75. The third-order valence-corrected chi connectivity index (χ3v) is 4.31. The van der Waals surface area contributed by atoms with Crippen molar-refractivity contribution in [3.8, 4) is 5.75 Å². The Bertz CT molecular complexity index is 413. The van der Waals surface area contributed by atoms with Gasteiger partial charge in [-0.25, -0.2) is 0 Å². The number of anilines is 1. The molecule has 0 radical (unpaired) electrons. The van der Waals surface area contributed by atoms with Gasteiger partial charge in [-0.2, -0.15) is 0 Å². The molecule has 2 aliphatic rings. The van der Waals surface area contributed by atoms with E-state index in [0.29, 0.717) is 5.92 Å². The quantitative estimate of drug-likeness (QED) is 0.860. The summed E-state index contributed by atoms with van der Waals surface area (Å²) < 4.78 is 5.34. The third kappa shape index (κ3) is 2.32. The van der Waals surface area contributed by atoms with Crippen LogP contribution in [0, 0.1) is 5.92 Å². The van der Waals surface area contributed by atoms with Crippen molar-refractivity contribution in [3.05, 3.63) is 23.8 Å². The van der Waals surface area contributed by atoms with Crippen molar-refractivity contribution in [2.45, 2.75) is 25.2 Å². The molecule has 1 aromatic carbocycles. The Balaban J connectivity index is 1.72. The molecule has 18 heavy (non-hydrogen) atoms. The molecule has 2 aliphatic heterocycles. The van der Waals surface area contributed by atoms with Crippen LogP contribution in [0.5, 0.6) is 5.75 Å². The first-order valence-electron chi connectivity index (χ1n) is 6.99. The van der Waals surface area contributed by atoms with Gasteiger partial charge in [0.2, 0.25) is 0 Å². The first-order valence-corrected chi connectivity index (χ1v) is 6.99. The Morgan fingerprint density at radius 1 is 1.28 bits per heavy atom. The summed E-state index contributed by atoms with van der Waals surface area (Å²) in [6.07, 6.45) is 3.97. The van der Waals surface area contributed by atoms with Crippen LogP contribution in [0.25, 0.3) is 0 Å². The largest absolute Gasteiger partial charge is 0.497 e. The highest BCUT2D eigenvalue weighted by molar-refractivity contribution is 5.60. The lowest BCUT2D eigenvalue weighted by atomic mass is 9.85. The molecule has 0 saturated carbocycles. The van der Waals surface area contributed by atoms with Gasteiger partial charge in [-0.15, -0.1) is 0 Å². The Hall–Kier alpha value is -1.22. The van der Waals surface area contributed by atoms with Gasteiger partial charge in [0, 0.05) is 18.2 Å². The summed E-state index contributed by atoms with van der Waals surface area (Å²) in [5.74, 6) is 2.53. The van der Waals surface area contributed by atoms with E-state index in [1.54, 1.807) is 7.11 Å². The van der Waals surface area contributed by atoms with Crippen LogP contribution in [0.2, 0.25) is 0 Å².